The Morgan fingerprint density at radius 1 is 0.667 bits per heavy atom. The van der Waals surface area contributed by atoms with Crippen LogP contribution in [-0.4, -0.2) is 128 Å². The van der Waals surface area contributed by atoms with Gasteiger partial charge in [-0.2, -0.15) is 0 Å². The van der Waals surface area contributed by atoms with Crippen LogP contribution in [0.3, 0.4) is 0 Å². The zero-order valence-electron chi connectivity index (χ0n) is 17.4. The van der Waals surface area contributed by atoms with Gasteiger partial charge in [0.05, 0.1) is 19.4 Å². The fourth-order valence-corrected chi connectivity index (χ4v) is 1.38. The summed E-state index contributed by atoms with van der Waals surface area (Å²) in [6.45, 7) is -0.843. The molecule has 36 heavy (non-hydrogen) atoms. The Labute approximate surface area is 250 Å². The molecule has 0 aliphatic carbocycles. The number of aliphatic hydroxyl groups is 6. The van der Waals surface area contributed by atoms with Crippen molar-refractivity contribution < 1.29 is 154 Å². The summed E-state index contributed by atoms with van der Waals surface area (Å²) in [7, 11) is 0. The van der Waals surface area contributed by atoms with Crippen molar-refractivity contribution in [2.24, 2.45) is 0 Å². The molecule has 0 aromatic heterocycles. The number of carboxylic acids is 4. The van der Waals surface area contributed by atoms with Crippen molar-refractivity contribution in [2.75, 3.05) is 6.61 Å². The van der Waals surface area contributed by atoms with Crippen molar-refractivity contribution in [1.82, 2.24) is 6.15 Å². The number of aliphatic carboxylic acids is 4. The molecule has 18 nitrogen and oxygen atoms in total. The van der Waals surface area contributed by atoms with Crippen LogP contribution in [0.1, 0.15) is 12.8 Å². The second-order valence-electron chi connectivity index (χ2n) is 5.27. The summed E-state index contributed by atoms with van der Waals surface area (Å²) >= 11 is 0. The fourth-order valence-electron chi connectivity index (χ4n) is 1.38. The molecule has 0 radical (unpaired) electrons. The summed E-state index contributed by atoms with van der Waals surface area (Å²) in [6, 6.07) is 0. The summed E-state index contributed by atoms with van der Waals surface area (Å²) in [6.07, 6.45) is -12.0. The predicted octanol–water partition coefficient (Wildman–Crippen LogP) is -3.95. The molecule has 0 unspecified atom stereocenters. The summed E-state index contributed by atoms with van der Waals surface area (Å²) in [5.74, 6) is -6.74. The van der Waals surface area contributed by atoms with E-state index in [1.807, 2.05) is 0 Å². The van der Waals surface area contributed by atoms with Gasteiger partial charge >= 0.3 is 30.0 Å². The Morgan fingerprint density at radius 2 is 0.944 bits per heavy atom. The third-order valence-corrected chi connectivity index (χ3v) is 2.79. The van der Waals surface area contributed by atoms with Gasteiger partial charge in [0.2, 0.25) is 0 Å². The van der Waals surface area contributed by atoms with Gasteiger partial charge in [0.1, 0.15) is 18.3 Å². The molecule has 0 aromatic rings. The minimum atomic E-state index is -2.74. The van der Waals surface area contributed by atoms with Gasteiger partial charge in [0.15, 0.2) is 11.7 Å². The molecular weight excluding hydrogens is 701 g/mol. The first-order chi connectivity index (χ1) is 13.4. The molecule has 0 saturated heterocycles. The van der Waals surface area contributed by atoms with E-state index >= 15 is 0 Å². The van der Waals surface area contributed by atoms with Crippen molar-refractivity contribution in [3.05, 3.63) is 0 Å². The number of hydrogen-bond acceptors (Lipinski definition) is 12. The van der Waals surface area contributed by atoms with E-state index in [1.165, 1.54) is 0 Å². The molecule has 0 aliphatic rings. The smallest absolute Gasteiger partial charge is 0.481 e. The van der Waals surface area contributed by atoms with E-state index in [0.717, 1.165) is 0 Å². The van der Waals surface area contributed by atoms with Crippen molar-refractivity contribution in [1.29, 1.82) is 0 Å². The molecular formula is C13H26ClFe4NO17. The monoisotopic (exact) mass is 727 g/mol. The zero-order chi connectivity index (χ0) is 24.8. The number of halogens is 1. The number of carbonyl (C=O) groups is 5. The summed E-state index contributed by atoms with van der Waals surface area (Å²) in [5, 5.41) is 99.6. The molecule has 4 atom stereocenters. The van der Waals surface area contributed by atoms with Crippen molar-refractivity contribution in [3.8, 4) is 0 Å². The van der Waals surface area contributed by atoms with Crippen LogP contribution in [0.2, 0.25) is 0 Å². The number of rotatable bonds is 10. The van der Waals surface area contributed by atoms with E-state index in [2.05, 4.69) is 0 Å². The molecule has 0 fully saturated rings. The maximum absolute atomic E-state index is 10.3. The van der Waals surface area contributed by atoms with Gasteiger partial charge in [-0.1, -0.05) is 0 Å². The van der Waals surface area contributed by atoms with Gasteiger partial charge in [-0.3, -0.25) is 9.59 Å². The van der Waals surface area contributed by atoms with E-state index in [-0.39, 0.29) is 86.8 Å². The quantitative estimate of drug-likeness (QED) is 0.0955. The third kappa shape index (κ3) is 31.3. The van der Waals surface area contributed by atoms with Gasteiger partial charge in [-0.15, -0.1) is 12.4 Å². The molecule has 0 aliphatic heterocycles. The Hall–Kier alpha value is -0.762. The van der Waals surface area contributed by atoms with E-state index in [4.69, 9.17) is 66.1 Å². The molecule has 0 spiro atoms. The van der Waals surface area contributed by atoms with Crippen LogP contribution in [0.15, 0.2) is 0 Å². The summed E-state index contributed by atoms with van der Waals surface area (Å²) in [4.78, 5) is 49.1. The van der Waals surface area contributed by atoms with Gasteiger partial charge in [-0.25, -0.2) is 14.4 Å². The number of aliphatic hydroxyl groups excluding tert-OH is 5. The SMILES string of the molecule is Cl.N.O=C(O)CC(O)(CC(=O)O)C(=O)O.O=C(O)O.O=C(O)[C@H](O)[C@@H](O)[C@H](O)[C@H](O)CO.[Fe].[Fe].[Fe].[Fe]. The standard InChI is InChI=1S/C6H8O7.C6H12O7.CH2O3.ClH.4Fe.H3N/c7-3(8)1-6(13,5(11)12)2-4(9)10;7-1-2(8)3(9)4(10)5(11)6(12)13;2-1(3)4;;;;;;/h13H,1-2H2,(H,7,8)(H,9,10)(H,11,12);2-5,7-11H,1H2,(H,12,13);(H2,2,3,4);1H;;;;;1H3/t;2-,3-,4+,5-;;;;;;;/m.1......./s1. The van der Waals surface area contributed by atoms with E-state index in [0.29, 0.717) is 0 Å². The average Bonchev–Trinajstić information content (AvgIpc) is 2.57. The van der Waals surface area contributed by atoms with Crippen LogP contribution in [0, 0.1) is 0 Å². The summed E-state index contributed by atoms with van der Waals surface area (Å²) < 4.78 is 0. The predicted molar refractivity (Wildman–Crippen MR) is 98.8 cm³/mol. The molecule has 15 N–H and O–H groups in total. The average molecular weight is 727 g/mol. The molecule has 0 saturated carbocycles. The largest absolute Gasteiger partial charge is 0.503 e. The van der Waals surface area contributed by atoms with Gasteiger partial charge < -0.3 is 67.4 Å². The first-order valence-electron chi connectivity index (χ1n) is 7.30. The second kappa shape index (κ2) is 30.5. The molecule has 224 valence electrons. The van der Waals surface area contributed by atoms with Crippen LogP contribution in [0.25, 0.3) is 0 Å². The normalized spacial score (nSPS) is 11.9. The first kappa shape index (κ1) is 60.0. The maximum atomic E-state index is 10.3. The molecule has 0 heterocycles. The van der Waals surface area contributed by atoms with E-state index in [9.17, 15) is 19.2 Å². The molecule has 0 bridgehead atoms. The van der Waals surface area contributed by atoms with Crippen molar-refractivity contribution >= 4 is 42.4 Å². The van der Waals surface area contributed by atoms with Crippen LogP contribution < -0.4 is 6.15 Å². The Bertz CT molecular complexity index is 597. The second-order valence-corrected chi connectivity index (χ2v) is 5.27. The number of carboxylic acid groups (broad SMARTS) is 6. The van der Waals surface area contributed by atoms with Gasteiger partial charge in [0.25, 0.3) is 0 Å². The Morgan fingerprint density at radius 3 is 1.11 bits per heavy atom. The van der Waals surface area contributed by atoms with Crippen LogP contribution in [-0.2, 0) is 87.5 Å². The van der Waals surface area contributed by atoms with E-state index < -0.39 is 79.5 Å². The molecule has 23 heteroatoms. The molecule has 0 amide bonds. The van der Waals surface area contributed by atoms with Crippen molar-refractivity contribution in [3.63, 3.8) is 0 Å². The third-order valence-electron chi connectivity index (χ3n) is 2.79. The summed E-state index contributed by atoms with van der Waals surface area (Å²) in [5.41, 5.74) is -2.74. The van der Waals surface area contributed by atoms with Crippen molar-refractivity contribution in [2.45, 2.75) is 42.9 Å². The first-order valence-corrected chi connectivity index (χ1v) is 7.30. The zero-order valence-corrected chi connectivity index (χ0v) is 22.6. The van der Waals surface area contributed by atoms with Gasteiger partial charge in [-0.05, 0) is 0 Å². The van der Waals surface area contributed by atoms with Crippen LogP contribution in [0.4, 0.5) is 4.79 Å². The minimum absolute atomic E-state index is 0. The molecule has 0 aromatic carbocycles. The minimum Gasteiger partial charge on any atom is -0.481 e. The van der Waals surface area contributed by atoms with E-state index in [1.54, 1.807) is 0 Å². The maximum Gasteiger partial charge on any atom is 0.503 e. The molecule has 0 rings (SSSR count). The Kier molecular flexibility index (Phi) is 50.8. The number of hydrogen-bond donors (Lipinski definition) is 13. The van der Waals surface area contributed by atoms with Crippen LogP contribution >= 0.6 is 12.4 Å². The topological polar surface area (TPSA) is 363 Å². The van der Waals surface area contributed by atoms with Gasteiger partial charge in [0, 0.05) is 68.3 Å². The van der Waals surface area contributed by atoms with Crippen LogP contribution in [0.5, 0.6) is 0 Å². The fraction of sp³-hybridized carbons (Fsp3) is 0.615. The Balaban J connectivity index is -0.0000000439.